The molecule has 0 fully saturated rings. The summed E-state index contributed by atoms with van der Waals surface area (Å²) in [5.41, 5.74) is 3.78. The molecular formula is C9H13F3N4S. The predicted octanol–water partition coefficient (Wildman–Crippen LogP) is 2.12. The molecule has 8 heteroatoms. The first-order valence-corrected chi connectivity index (χ1v) is 5.59. The first-order chi connectivity index (χ1) is 7.88. The minimum Gasteiger partial charge on any atom is -0.388 e. The molecule has 0 atom stereocenters. The molecule has 0 bridgehead atoms. The van der Waals surface area contributed by atoms with Gasteiger partial charge in [-0.3, -0.25) is 0 Å². The number of thiocarbonyl (C=S) groups is 1. The molecule has 0 spiro atoms. The highest BCUT2D eigenvalue weighted by molar-refractivity contribution is 7.80. The number of aromatic nitrogens is 3. The van der Waals surface area contributed by atoms with Crippen molar-refractivity contribution in [2.75, 3.05) is 0 Å². The normalized spacial score (nSPS) is 11.8. The Kier molecular flexibility index (Phi) is 4.44. The van der Waals surface area contributed by atoms with E-state index >= 15 is 0 Å². The number of hydrogen-bond donors (Lipinski definition) is 1. The number of hydrogen-bond acceptors (Lipinski definition) is 3. The van der Waals surface area contributed by atoms with Gasteiger partial charge in [0.15, 0.2) is 11.4 Å². The zero-order valence-electron chi connectivity index (χ0n) is 9.29. The lowest BCUT2D eigenvalue weighted by atomic mass is 10.2. The molecule has 0 radical (unpaired) electrons. The van der Waals surface area contributed by atoms with Crippen molar-refractivity contribution in [2.24, 2.45) is 5.73 Å². The topological polar surface area (TPSA) is 56.7 Å². The Labute approximate surface area is 102 Å². The average molecular weight is 266 g/mol. The molecule has 17 heavy (non-hydrogen) atoms. The van der Waals surface area contributed by atoms with E-state index in [0.717, 1.165) is 17.5 Å². The second-order valence-corrected chi connectivity index (χ2v) is 4.02. The molecule has 0 amide bonds. The minimum atomic E-state index is -4.55. The highest BCUT2D eigenvalue weighted by Gasteiger charge is 2.39. The van der Waals surface area contributed by atoms with Crippen LogP contribution in [0.3, 0.4) is 0 Å². The fourth-order valence-corrected chi connectivity index (χ4v) is 1.57. The number of alkyl halides is 3. The van der Waals surface area contributed by atoms with Crippen molar-refractivity contribution in [3.8, 4) is 0 Å². The van der Waals surface area contributed by atoms with Crippen molar-refractivity contribution in [3.05, 3.63) is 11.4 Å². The van der Waals surface area contributed by atoms with Crippen LogP contribution in [0.2, 0.25) is 0 Å². The summed E-state index contributed by atoms with van der Waals surface area (Å²) >= 11 is 4.53. The van der Waals surface area contributed by atoms with Crippen LogP contribution in [-0.2, 0) is 12.7 Å². The average Bonchev–Trinajstić information content (AvgIpc) is 2.61. The zero-order chi connectivity index (χ0) is 13.1. The van der Waals surface area contributed by atoms with Crippen LogP contribution in [0.25, 0.3) is 0 Å². The second-order valence-electron chi connectivity index (χ2n) is 3.58. The summed E-state index contributed by atoms with van der Waals surface area (Å²) in [6.07, 6.45) is -2.19. The number of unbranched alkanes of at least 4 members (excludes halogenated alkanes) is 2. The monoisotopic (exact) mass is 266 g/mol. The van der Waals surface area contributed by atoms with Gasteiger partial charge in [-0.05, 0) is 6.42 Å². The molecule has 0 aliphatic carbocycles. The van der Waals surface area contributed by atoms with Gasteiger partial charge in [0, 0.05) is 6.54 Å². The molecule has 96 valence electrons. The van der Waals surface area contributed by atoms with Gasteiger partial charge in [-0.2, -0.15) is 13.2 Å². The van der Waals surface area contributed by atoms with Crippen molar-refractivity contribution >= 4 is 17.2 Å². The second kappa shape index (κ2) is 5.44. The Bertz CT molecular complexity index is 399. The number of aryl methyl sites for hydroxylation is 1. The lowest BCUT2D eigenvalue weighted by Crippen LogP contribution is -2.21. The van der Waals surface area contributed by atoms with Crippen molar-refractivity contribution in [1.82, 2.24) is 15.0 Å². The minimum absolute atomic E-state index is 0.165. The van der Waals surface area contributed by atoms with Crippen molar-refractivity contribution in [2.45, 2.75) is 38.9 Å². The molecule has 0 saturated heterocycles. The molecule has 0 saturated carbocycles. The molecule has 1 aromatic heterocycles. The highest BCUT2D eigenvalue weighted by Crippen LogP contribution is 2.31. The van der Waals surface area contributed by atoms with Gasteiger partial charge in [0.2, 0.25) is 0 Å². The lowest BCUT2D eigenvalue weighted by Gasteiger charge is -2.10. The van der Waals surface area contributed by atoms with Gasteiger partial charge in [-0.25, -0.2) is 4.68 Å². The maximum Gasteiger partial charge on any atom is 0.435 e. The van der Waals surface area contributed by atoms with Gasteiger partial charge >= 0.3 is 6.18 Å². The zero-order valence-corrected chi connectivity index (χ0v) is 10.1. The maximum absolute atomic E-state index is 12.8. The number of halogens is 3. The Morgan fingerprint density at radius 1 is 1.41 bits per heavy atom. The van der Waals surface area contributed by atoms with Crippen LogP contribution in [-0.4, -0.2) is 20.0 Å². The summed E-state index contributed by atoms with van der Waals surface area (Å²) in [7, 11) is 0. The van der Waals surface area contributed by atoms with E-state index in [2.05, 4.69) is 22.5 Å². The third-order valence-electron chi connectivity index (χ3n) is 2.21. The van der Waals surface area contributed by atoms with Gasteiger partial charge in [-0.1, -0.05) is 37.2 Å². The Hall–Kier alpha value is -1.18. The van der Waals surface area contributed by atoms with Crippen LogP contribution in [0.1, 0.15) is 37.6 Å². The first-order valence-electron chi connectivity index (χ1n) is 5.18. The number of rotatable bonds is 5. The molecule has 1 aromatic rings. The third kappa shape index (κ3) is 3.39. The van der Waals surface area contributed by atoms with Crippen LogP contribution in [0, 0.1) is 0 Å². The van der Waals surface area contributed by atoms with Gasteiger partial charge in [0.1, 0.15) is 4.99 Å². The Morgan fingerprint density at radius 3 is 2.53 bits per heavy atom. The smallest absolute Gasteiger partial charge is 0.388 e. The summed E-state index contributed by atoms with van der Waals surface area (Å²) in [5.74, 6) is 0. The number of nitrogens with two attached hydrogens (primary N) is 1. The quantitative estimate of drug-likeness (QED) is 0.655. The lowest BCUT2D eigenvalue weighted by molar-refractivity contribution is -0.144. The molecule has 0 aliphatic heterocycles. The summed E-state index contributed by atoms with van der Waals surface area (Å²) in [4.78, 5) is -0.390. The van der Waals surface area contributed by atoms with E-state index in [0.29, 0.717) is 6.42 Å². The predicted molar refractivity (Wildman–Crippen MR) is 60.4 cm³/mol. The molecule has 2 N–H and O–H groups in total. The van der Waals surface area contributed by atoms with E-state index in [1.807, 2.05) is 6.92 Å². The standard InChI is InChI=1S/C9H13F3N4S/c1-2-3-4-5-16-7(9(10,11)12)6(8(13)17)14-15-16/h2-5H2,1H3,(H2,13,17). The molecule has 0 aliphatic rings. The Morgan fingerprint density at radius 2 is 2.06 bits per heavy atom. The fraction of sp³-hybridized carbons (Fsp3) is 0.667. The SMILES string of the molecule is CCCCCn1nnc(C(N)=S)c1C(F)(F)F. The first kappa shape index (κ1) is 13.9. The molecule has 0 aromatic carbocycles. The number of nitrogens with zero attached hydrogens (tertiary/aromatic N) is 3. The van der Waals surface area contributed by atoms with Crippen molar-refractivity contribution < 1.29 is 13.2 Å². The van der Waals surface area contributed by atoms with Crippen LogP contribution in [0.5, 0.6) is 0 Å². The van der Waals surface area contributed by atoms with Crippen molar-refractivity contribution in [1.29, 1.82) is 0 Å². The van der Waals surface area contributed by atoms with Gasteiger partial charge < -0.3 is 5.73 Å². The van der Waals surface area contributed by atoms with Gasteiger partial charge in [0.25, 0.3) is 0 Å². The van der Waals surface area contributed by atoms with Gasteiger partial charge in [0.05, 0.1) is 0 Å². The van der Waals surface area contributed by atoms with E-state index in [1.54, 1.807) is 0 Å². The van der Waals surface area contributed by atoms with E-state index in [9.17, 15) is 13.2 Å². The summed E-state index contributed by atoms with van der Waals surface area (Å²) in [6, 6.07) is 0. The van der Waals surface area contributed by atoms with Crippen LogP contribution in [0.4, 0.5) is 13.2 Å². The third-order valence-corrected chi connectivity index (χ3v) is 2.40. The van der Waals surface area contributed by atoms with E-state index in [4.69, 9.17) is 5.73 Å². The molecule has 4 nitrogen and oxygen atoms in total. The van der Waals surface area contributed by atoms with E-state index in [1.165, 1.54) is 0 Å². The Balaban J connectivity index is 3.01. The molecule has 0 unspecified atom stereocenters. The summed E-state index contributed by atoms with van der Waals surface area (Å²) in [6.45, 7) is 2.13. The maximum atomic E-state index is 12.8. The molecule has 1 heterocycles. The fourth-order valence-electron chi connectivity index (χ4n) is 1.43. The highest BCUT2D eigenvalue weighted by atomic mass is 32.1. The summed E-state index contributed by atoms with van der Waals surface area (Å²) in [5, 5.41) is 6.84. The van der Waals surface area contributed by atoms with Crippen LogP contribution >= 0.6 is 12.2 Å². The molecule has 1 rings (SSSR count). The van der Waals surface area contributed by atoms with Crippen molar-refractivity contribution in [3.63, 3.8) is 0 Å². The summed E-state index contributed by atoms with van der Waals surface area (Å²) < 4.78 is 39.2. The van der Waals surface area contributed by atoms with E-state index < -0.39 is 17.6 Å². The van der Waals surface area contributed by atoms with Crippen LogP contribution < -0.4 is 5.73 Å². The molecular weight excluding hydrogens is 253 g/mol. The van der Waals surface area contributed by atoms with Crippen LogP contribution in [0.15, 0.2) is 0 Å². The van der Waals surface area contributed by atoms with E-state index in [-0.39, 0.29) is 11.5 Å². The van der Waals surface area contributed by atoms with Gasteiger partial charge in [-0.15, -0.1) is 5.10 Å². The largest absolute Gasteiger partial charge is 0.435 e.